The van der Waals surface area contributed by atoms with E-state index in [1.54, 1.807) is 0 Å². The summed E-state index contributed by atoms with van der Waals surface area (Å²) in [6.45, 7) is 1.21. The molecular weight excluding hydrogens is 901 g/mol. The van der Waals surface area contributed by atoms with Crippen molar-refractivity contribution in [2.24, 2.45) is 11.3 Å². The largest absolute Gasteiger partial charge is 0.465 e. The van der Waals surface area contributed by atoms with Crippen molar-refractivity contribution in [1.82, 2.24) is 0 Å². The summed E-state index contributed by atoms with van der Waals surface area (Å²) in [5.74, 6) is -1.40. The summed E-state index contributed by atoms with van der Waals surface area (Å²) < 4.78 is 10.6. The molecule has 6 heteroatoms. The Balaban J connectivity index is 1.67. The summed E-state index contributed by atoms with van der Waals surface area (Å²) in [5.41, 5.74) is -1.12. The second kappa shape index (κ2) is 56.8. The first-order valence-electron chi connectivity index (χ1n) is 33.3. The number of ether oxygens (including phenoxy) is 2. The van der Waals surface area contributed by atoms with Crippen LogP contribution in [0.3, 0.4) is 0 Å². The molecule has 1 aliphatic rings. The number of carbonyl (C=O) groups is 2. The molecule has 1 aliphatic heterocycles. The number of rotatable bonds is 58. The van der Waals surface area contributed by atoms with E-state index in [9.17, 15) is 19.8 Å². The lowest BCUT2D eigenvalue weighted by molar-refractivity contribution is -0.155. The molecule has 2 N–H and O–H groups in total. The second-order valence-electron chi connectivity index (χ2n) is 23.9. The highest BCUT2D eigenvalue weighted by atomic mass is 16.6. The number of cyclic esters (lactones) is 2. The molecule has 0 bridgehead atoms. The van der Waals surface area contributed by atoms with E-state index in [1.807, 2.05) is 0 Å². The average molecular weight is 1030 g/mol. The minimum atomic E-state index is -1.12. The lowest BCUT2D eigenvalue weighted by Crippen LogP contribution is -2.40. The standard InChI is InChI=1S/C67H128O6/c1-2-3-4-5-6-7-8-9-10-11-12-13-14-15-16-17-18-19-20-21-22-23-24-25-26-27-28-29-30-31-32-33-34-35-36-37-38-39-40-41-42-43-44-45-46-47-48-49-50-51-52-53-54-55-56-57-58-64-59-65(70)72-62-67(60-68,61-69)63-73-66(64)71/h22-23,64,68-69H,2-21,24-63H2,1H3/b23-22+. The van der Waals surface area contributed by atoms with Gasteiger partial charge >= 0.3 is 11.9 Å². The molecule has 0 aromatic rings. The van der Waals surface area contributed by atoms with Crippen LogP contribution in [-0.2, 0) is 19.1 Å². The lowest BCUT2D eigenvalue weighted by atomic mass is 9.92. The third-order valence-electron chi connectivity index (χ3n) is 16.5. The summed E-state index contributed by atoms with van der Waals surface area (Å²) in [6.07, 6.45) is 81.6. The molecule has 1 fully saturated rings. The van der Waals surface area contributed by atoms with Gasteiger partial charge in [0, 0.05) is 0 Å². The average Bonchev–Trinajstić information content (AvgIpc) is 3.46. The van der Waals surface area contributed by atoms with Gasteiger partial charge in [-0.1, -0.05) is 340 Å². The molecule has 0 amide bonds. The van der Waals surface area contributed by atoms with Crippen LogP contribution in [0.15, 0.2) is 12.2 Å². The molecule has 1 unspecified atom stereocenters. The van der Waals surface area contributed by atoms with Gasteiger partial charge in [0.25, 0.3) is 0 Å². The molecule has 0 aromatic heterocycles. The topological polar surface area (TPSA) is 93.1 Å². The maximum atomic E-state index is 12.5. The van der Waals surface area contributed by atoms with E-state index < -0.39 is 36.5 Å². The van der Waals surface area contributed by atoms with Gasteiger partial charge < -0.3 is 19.7 Å². The minimum absolute atomic E-state index is 0.00491. The maximum Gasteiger partial charge on any atom is 0.309 e. The van der Waals surface area contributed by atoms with Gasteiger partial charge in [0.1, 0.15) is 13.2 Å². The van der Waals surface area contributed by atoms with Crippen LogP contribution in [0.5, 0.6) is 0 Å². The van der Waals surface area contributed by atoms with Crippen LogP contribution in [0.4, 0.5) is 0 Å². The third-order valence-corrected chi connectivity index (χ3v) is 16.5. The van der Waals surface area contributed by atoms with Crippen LogP contribution < -0.4 is 0 Å². The number of hydrogen-bond acceptors (Lipinski definition) is 6. The van der Waals surface area contributed by atoms with E-state index >= 15 is 0 Å². The van der Waals surface area contributed by atoms with Gasteiger partial charge in [0.15, 0.2) is 0 Å². The van der Waals surface area contributed by atoms with Crippen LogP contribution >= 0.6 is 0 Å². The molecule has 432 valence electrons. The number of aliphatic hydroxyl groups is 2. The SMILES string of the molecule is CCCCCCCCCCCCCCCCCCCCC/C=C/CCCCCCCCCCCCCCCCCCCCCCCCCCCCCCCCCCCC1CC(=O)OCC(CO)(CO)COC1=O. The Kier molecular flexibility index (Phi) is 54.2. The van der Waals surface area contributed by atoms with Crippen molar-refractivity contribution in [3.05, 3.63) is 12.2 Å². The molecule has 0 spiro atoms. The Labute approximate surface area is 455 Å². The Morgan fingerprint density at radius 3 is 0.849 bits per heavy atom. The molecule has 1 rings (SSSR count). The highest BCUT2D eigenvalue weighted by molar-refractivity contribution is 5.80. The van der Waals surface area contributed by atoms with Gasteiger partial charge in [-0.2, -0.15) is 0 Å². The van der Waals surface area contributed by atoms with E-state index in [0.717, 1.165) is 19.3 Å². The van der Waals surface area contributed by atoms with Gasteiger partial charge in [-0.25, -0.2) is 0 Å². The number of allylic oxidation sites excluding steroid dienone is 2. The van der Waals surface area contributed by atoms with E-state index in [1.165, 1.54) is 327 Å². The number of carbonyl (C=O) groups excluding carboxylic acids is 2. The maximum absolute atomic E-state index is 12.5. The van der Waals surface area contributed by atoms with Gasteiger partial charge in [0.2, 0.25) is 0 Å². The van der Waals surface area contributed by atoms with Gasteiger partial charge in [-0.3, -0.25) is 9.59 Å². The summed E-state index contributed by atoms with van der Waals surface area (Å²) in [7, 11) is 0. The Bertz CT molecular complexity index is 1150. The van der Waals surface area contributed by atoms with E-state index in [-0.39, 0.29) is 19.6 Å². The first-order valence-corrected chi connectivity index (χ1v) is 33.3. The molecule has 73 heavy (non-hydrogen) atoms. The zero-order chi connectivity index (χ0) is 52.5. The van der Waals surface area contributed by atoms with Gasteiger partial charge in [-0.05, 0) is 32.1 Å². The van der Waals surface area contributed by atoms with Gasteiger partial charge in [-0.15, -0.1) is 0 Å². The van der Waals surface area contributed by atoms with Crippen LogP contribution in [0, 0.1) is 11.3 Å². The molecule has 0 aromatic carbocycles. The predicted molar refractivity (Wildman–Crippen MR) is 315 cm³/mol. The molecule has 0 radical (unpaired) electrons. The van der Waals surface area contributed by atoms with Crippen molar-refractivity contribution < 1.29 is 29.3 Å². The summed E-state index contributed by atoms with van der Waals surface area (Å²) in [5, 5.41) is 19.2. The first kappa shape index (κ1) is 69.6. The zero-order valence-electron chi connectivity index (χ0n) is 49.2. The van der Waals surface area contributed by atoms with E-state index in [2.05, 4.69) is 19.1 Å². The molecule has 1 saturated heterocycles. The number of hydrogen-bond donors (Lipinski definition) is 2. The van der Waals surface area contributed by atoms with Crippen LogP contribution in [0.25, 0.3) is 0 Å². The molecule has 0 saturated carbocycles. The Morgan fingerprint density at radius 1 is 0.356 bits per heavy atom. The van der Waals surface area contributed by atoms with Crippen LogP contribution in [-0.4, -0.2) is 48.6 Å². The molecule has 6 nitrogen and oxygen atoms in total. The van der Waals surface area contributed by atoms with Crippen LogP contribution in [0.2, 0.25) is 0 Å². The lowest BCUT2D eigenvalue weighted by Gasteiger charge is -2.27. The van der Waals surface area contributed by atoms with Gasteiger partial charge in [0.05, 0.1) is 31.0 Å². The van der Waals surface area contributed by atoms with E-state index in [4.69, 9.17) is 9.47 Å². The fourth-order valence-corrected chi connectivity index (χ4v) is 11.1. The Morgan fingerprint density at radius 2 is 0.589 bits per heavy atom. The number of unbranched alkanes of at least 4 members (excludes halogenated alkanes) is 52. The van der Waals surface area contributed by atoms with Crippen molar-refractivity contribution in [1.29, 1.82) is 0 Å². The fraction of sp³-hybridized carbons (Fsp3) is 0.940. The summed E-state index contributed by atoms with van der Waals surface area (Å²) >= 11 is 0. The minimum Gasteiger partial charge on any atom is -0.465 e. The normalized spacial score (nSPS) is 15.2. The zero-order valence-corrected chi connectivity index (χ0v) is 49.2. The van der Waals surface area contributed by atoms with Crippen LogP contribution in [0.1, 0.15) is 366 Å². The van der Waals surface area contributed by atoms with Crippen molar-refractivity contribution in [3.63, 3.8) is 0 Å². The molecule has 1 heterocycles. The molecular formula is C67H128O6. The van der Waals surface area contributed by atoms with Crippen molar-refractivity contribution >= 4 is 11.9 Å². The highest BCUT2D eigenvalue weighted by Gasteiger charge is 2.36. The Hall–Kier alpha value is -1.40. The van der Waals surface area contributed by atoms with Crippen molar-refractivity contribution in [2.75, 3.05) is 26.4 Å². The smallest absolute Gasteiger partial charge is 0.309 e. The summed E-state index contributed by atoms with van der Waals surface area (Å²) in [4.78, 5) is 24.7. The number of esters is 2. The summed E-state index contributed by atoms with van der Waals surface area (Å²) in [6, 6.07) is 0. The number of aliphatic hydroxyl groups excluding tert-OH is 2. The van der Waals surface area contributed by atoms with Crippen molar-refractivity contribution in [3.8, 4) is 0 Å². The molecule has 0 aliphatic carbocycles. The molecule has 1 atom stereocenters. The fourth-order valence-electron chi connectivity index (χ4n) is 11.1. The quantitative estimate of drug-likeness (QED) is 0.0358. The third kappa shape index (κ3) is 48.7. The van der Waals surface area contributed by atoms with E-state index in [0.29, 0.717) is 6.42 Å². The monoisotopic (exact) mass is 1030 g/mol. The second-order valence-corrected chi connectivity index (χ2v) is 23.9. The highest BCUT2D eigenvalue weighted by Crippen LogP contribution is 2.25. The first-order chi connectivity index (χ1) is 36.1. The predicted octanol–water partition coefficient (Wildman–Crippen LogP) is 21.1. The van der Waals surface area contributed by atoms with Crippen molar-refractivity contribution in [2.45, 2.75) is 366 Å².